The summed E-state index contributed by atoms with van der Waals surface area (Å²) in [5.74, 6) is -0.176. The second-order valence-corrected chi connectivity index (χ2v) is 3.34. The number of halogens is 1. The summed E-state index contributed by atoms with van der Waals surface area (Å²) in [6, 6.07) is 6.92. The van der Waals surface area contributed by atoms with Crippen molar-refractivity contribution in [1.82, 2.24) is 9.78 Å². The Bertz CT molecular complexity index is 461. The molecule has 2 aromatic rings. The van der Waals surface area contributed by atoms with Crippen LogP contribution in [-0.4, -0.2) is 9.78 Å². The Morgan fingerprint density at radius 1 is 1.19 bits per heavy atom. The van der Waals surface area contributed by atoms with E-state index in [0.29, 0.717) is 5.56 Å². The molecule has 0 saturated carbocycles. The van der Waals surface area contributed by atoms with Crippen LogP contribution in [0.25, 0.3) is 11.3 Å². The van der Waals surface area contributed by atoms with E-state index in [0.717, 1.165) is 11.3 Å². The molecule has 0 unspecified atom stereocenters. The summed E-state index contributed by atoms with van der Waals surface area (Å²) < 4.78 is 14.7. The molecular weight excluding hydrogens is 203 g/mol. The summed E-state index contributed by atoms with van der Waals surface area (Å²) in [6.07, 6.45) is 1.87. The molecule has 0 radical (unpaired) electrons. The fourth-order valence-corrected chi connectivity index (χ4v) is 1.37. The third kappa shape index (κ3) is 2.69. The molecule has 1 aromatic carbocycles. The van der Waals surface area contributed by atoms with Gasteiger partial charge >= 0.3 is 0 Å². The summed E-state index contributed by atoms with van der Waals surface area (Å²) in [7, 11) is 1.86. The van der Waals surface area contributed by atoms with E-state index in [2.05, 4.69) is 5.10 Å². The summed E-state index contributed by atoms with van der Waals surface area (Å²) >= 11 is 0. The molecule has 0 aliphatic rings. The Kier molecular flexibility index (Phi) is 4.23. The van der Waals surface area contributed by atoms with Crippen LogP contribution < -0.4 is 0 Å². The van der Waals surface area contributed by atoms with Crippen LogP contribution in [0.5, 0.6) is 0 Å². The lowest BCUT2D eigenvalue weighted by atomic mass is 10.1. The van der Waals surface area contributed by atoms with Crippen molar-refractivity contribution < 1.29 is 4.39 Å². The van der Waals surface area contributed by atoms with E-state index in [1.54, 1.807) is 23.7 Å². The molecule has 16 heavy (non-hydrogen) atoms. The number of hydrogen-bond donors (Lipinski definition) is 0. The molecule has 0 saturated heterocycles. The first kappa shape index (κ1) is 12.4. The average molecular weight is 220 g/mol. The number of rotatable bonds is 1. The highest BCUT2D eigenvalue weighted by Crippen LogP contribution is 2.19. The topological polar surface area (TPSA) is 17.8 Å². The zero-order chi connectivity index (χ0) is 12.1. The van der Waals surface area contributed by atoms with Gasteiger partial charge in [0.25, 0.3) is 0 Å². The molecule has 0 aliphatic heterocycles. The molecule has 1 heterocycles. The molecule has 1 aromatic heterocycles. The van der Waals surface area contributed by atoms with Crippen molar-refractivity contribution in [3.63, 3.8) is 0 Å². The minimum atomic E-state index is -0.176. The predicted molar refractivity (Wildman–Crippen MR) is 64.7 cm³/mol. The quantitative estimate of drug-likeness (QED) is 0.718. The standard InChI is InChI=1S/C11H11FN2.C2H6/c1-8-7-9(3-4-10(8)12)11-5-6-14(2)13-11;1-2/h3-7H,1-2H3;1-2H3. The molecule has 0 bridgehead atoms. The van der Waals surface area contributed by atoms with Crippen LogP contribution in [0, 0.1) is 12.7 Å². The van der Waals surface area contributed by atoms with Gasteiger partial charge in [0.1, 0.15) is 5.82 Å². The maximum atomic E-state index is 13.0. The Balaban J connectivity index is 0.000000606. The summed E-state index contributed by atoms with van der Waals surface area (Å²) in [5.41, 5.74) is 2.47. The Hall–Kier alpha value is -1.64. The average Bonchev–Trinajstić information content (AvgIpc) is 2.72. The molecular formula is C13H17FN2. The third-order valence-electron chi connectivity index (χ3n) is 2.17. The second-order valence-electron chi connectivity index (χ2n) is 3.34. The van der Waals surface area contributed by atoms with Crippen molar-refractivity contribution in [2.45, 2.75) is 20.8 Å². The van der Waals surface area contributed by atoms with Crippen molar-refractivity contribution in [2.75, 3.05) is 0 Å². The number of nitrogens with zero attached hydrogens (tertiary/aromatic N) is 2. The first-order valence-electron chi connectivity index (χ1n) is 5.43. The fraction of sp³-hybridized carbons (Fsp3) is 0.308. The molecule has 0 spiro atoms. The maximum Gasteiger partial charge on any atom is 0.126 e. The zero-order valence-electron chi connectivity index (χ0n) is 10.2. The largest absolute Gasteiger partial charge is 0.275 e. The van der Waals surface area contributed by atoms with Gasteiger partial charge in [-0.25, -0.2) is 4.39 Å². The van der Waals surface area contributed by atoms with Crippen molar-refractivity contribution in [3.05, 3.63) is 41.8 Å². The van der Waals surface area contributed by atoms with Gasteiger partial charge in [-0.1, -0.05) is 13.8 Å². The van der Waals surface area contributed by atoms with Crippen LogP contribution in [0.15, 0.2) is 30.5 Å². The third-order valence-corrected chi connectivity index (χ3v) is 2.17. The minimum absolute atomic E-state index is 0.176. The van der Waals surface area contributed by atoms with Gasteiger partial charge in [0.15, 0.2) is 0 Å². The lowest BCUT2D eigenvalue weighted by molar-refractivity contribution is 0.618. The van der Waals surface area contributed by atoms with Crippen LogP contribution in [0.1, 0.15) is 19.4 Å². The number of benzene rings is 1. The molecule has 0 aliphatic carbocycles. The van der Waals surface area contributed by atoms with E-state index in [1.165, 1.54) is 6.07 Å². The molecule has 0 atom stereocenters. The highest BCUT2D eigenvalue weighted by Gasteiger charge is 2.03. The monoisotopic (exact) mass is 220 g/mol. The Morgan fingerprint density at radius 2 is 1.88 bits per heavy atom. The first-order chi connectivity index (χ1) is 7.66. The van der Waals surface area contributed by atoms with Crippen LogP contribution in [0.2, 0.25) is 0 Å². The normalized spacial score (nSPS) is 9.56. The van der Waals surface area contributed by atoms with E-state index in [-0.39, 0.29) is 5.82 Å². The summed E-state index contributed by atoms with van der Waals surface area (Å²) in [4.78, 5) is 0. The minimum Gasteiger partial charge on any atom is -0.275 e. The van der Waals surface area contributed by atoms with Gasteiger partial charge in [0.05, 0.1) is 5.69 Å². The van der Waals surface area contributed by atoms with Gasteiger partial charge in [0.2, 0.25) is 0 Å². The lowest BCUT2D eigenvalue weighted by Gasteiger charge is -1.99. The predicted octanol–water partition coefficient (Wildman–Crippen LogP) is 3.56. The molecule has 86 valence electrons. The Labute approximate surface area is 95.7 Å². The van der Waals surface area contributed by atoms with Crippen LogP contribution in [0.4, 0.5) is 4.39 Å². The van der Waals surface area contributed by atoms with E-state index in [4.69, 9.17) is 0 Å². The SMILES string of the molecule is CC.Cc1cc(-c2ccn(C)n2)ccc1F. The van der Waals surface area contributed by atoms with Crippen LogP contribution in [0.3, 0.4) is 0 Å². The second kappa shape index (κ2) is 5.45. The van der Waals surface area contributed by atoms with Crippen molar-refractivity contribution in [3.8, 4) is 11.3 Å². The van der Waals surface area contributed by atoms with Crippen LogP contribution in [-0.2, 0) is 7.05 Å². The smallest absolute Gasteiger partial charge is 0.126 e. The highest BCUT2D eigenvalue weighted by molar-refractivity contribution is 5.59. The maximum absolute atomic E-state index is 13.0. The van der Waals surface area contributed by atoms with E-state index in [9.17, 15) is 4.39 Å². The summed E-state index contributed by atoms with van der Waals surface area (Å²) in [5, 5.41) is 4.25. The van der Waals surface area contributed by atoms with E-state index in [1.807, 2.05) is 33.2 Å². The van der Waals surface area contributed by atoms with E-state index < -0.39 is 0 Å². The van der Waals surface area contributed by atoms with Gasteiger partial charge in [-0.3, -0.25) is 4.68 Å². The molecule has 3 heteroatoms. The molecule has 2 rings (SSSR count). The molecule has 0 amide bonds. The van der Waals surface area contributed by atoms with Gasteiger partial charge in [-0.15, -0.1) is 0 Å². The molecule has 0 fully saturated rings. The first-order valence-corrected chi connectivity index (χ1v) is 5.43. The number of aromatic nitrogens is 2. The van der Waals surface area contributed by atoms with Gasteiger partial charge in [0, 0.05) is 18.8 Å². The van der Waals surface area contributed by atoms with Gasteiger partial charge in [-0.05, 0) is 36.8 Å². The summed E-state index contributed by atoms with van der Waals surface area (Å²) in [6.45, 7) is 5.75. The van der Waals surface area contributed by atoms with Crippen molar-refractivity contribution >= 4 is 0 Å². The van der Waals surface area contributed by atoms with E-state index >= 15 is 0 Å². The van der Waals surface area contributed by atoms with Gasteiger partial charge in [-0.2, -0.15) is 5.10 Å². The van der Waals surface area contributed by atoms with Crippen molar-refractivity contribution in [2.24, 2.45) is 7.05 Å². The van der Waals surface area contributed by atoms with Crippen molar-refractivity contribution in [1.29, 1.82) is 0 Å². The number of hydrogen-bond acceptors (Lipinski definition) is 1. The molecule has 2 nitrogen and oxygen atoms in total. The molecule has 0 N–H and O–H groups in total. The lowest BCUT2D eigenvalue weighted by Crippen LogP contribution is -1.89. The zero-order valence-corrected chi connectivity index (χ0v) is 10.2. The van der Waals surface area contributed by atoms with Gasteiger partial charge < -0.3 is 0 Å². The number of aryl methyl sites for hydroxylation is 2. The fourth-order valence-electron chi connectivity index (χ4n) is 1.37. The Morgan fingerprint density at radius 3 is 2.38 bits per heavy atom. The van der Waals surface area contributed by atoms with Crippen LogP contribution >= 0.6 is 0 Å². The highest BCUT2D eigenvalue weighted by atomic mass is 19.1.